The predicted octanol–water partition coefficient (Wildman–Crippen LogP) is 1.90. The van der Waals surface area contributed by atoms with Crippen molar-refractivity contribution in [1.82, 2.24) is 5.32 Å². The van der Waals surface area contributed by atoms with Crippen LogP contribution < -0.4 is 5.32 Å². The lowest BCUT2D eigenvalue weighted by Crippen LogP contribution is -2.27. The van der Waals surface area contributed by atoms with Gasteiger partial charge in [-0.15, -0.1) is 0 Å². The molecular weight excluding hydrogens is 250 g/mol. The van der Waals surface area contributed by atoms with Gasteiger partial charge in [-0.2, -0.15) is 0 Å². The van der Waals surface area contributed by atoms with Gasteiger partial charge < -0.3 is 15.5 Å². The van der Waals surface area contributed by atoms with Crippen LogP contribution in [-0.4, -0.2) is 30.0 Å². The third-order valence-corrected chi connectivity index (χ3v) is 3.16. The highest BCUT2D eigenvalue weighted by Crippen LogP contribution is 2.16. The summed E-state index contributed by atoms with van der Waals surface area (Å²) in [5.41, 5.74) is 3.31. The van der Waals surface area contributed by atoms with Crippen molar-refractivity contribution in [3.8, 4) is 0 Å². The molecule has 1 atom stereocenters. The number of rotatable bonds is 7. The zero-order valence-corrected chi connectivity index (χ0v) is 11.4. The number of aliphatic hydroxyl groups is 2. The number of benzene rings is 2. The molecule has 2 rings (SSSR count). The zero-order valence-electron chi connectivity index (χ0n) is 11.4. The third-order valence-electron chi connectivity index (χ3n) is 3.16. The first-order valence-corrected chi connectivity index (χ1v) is 6.78. The molecule has 2 aromatic rings. The van der Waals surface area contributed by atoms with E-state index in [0.717, 1.165) is 16.7 Å². The van der Waals surface area contributed by atoms with E-state index in [-0.39, 0.29) is 19.3 Å². The standard InChI is InChI=1S/C17H20NO2/c19-11-10-18-17(13-20)16-8-6-15(7-9-16)12-14-4-2-1-3-5-14/h1-9,12,17-20H,10-11,13H2/q+1. The van der Waals surface area contributed by atoms with Crippen LogP contribution in [0.4, 0.5) is 0 Å². The smallest absolute Gasteiger partial charge is 0.0725 e. The van der Waals surface area contributed by atoms with Crippen molar-refractivity contribution >= 4 is 0 Å². The highest BCUT2D eigenvalue weighted by atomic mass is 16.3. The molecule has 0 aliphatic heterocycles. The van der Waals surface area contributed by atoms with E-state index in [2.05, 4.69) is 23.9 Å². The summed E-state index contributed by atoms with van der Waals surface area (Å²) in [6, 6.07) is 18.1. The minimum absolute atomic E-state index is 0.0156. The molecule has 0 bridgehead atoms. The molecule has 0 heterocycles. The Hall–Kier alpha value is -1.81. The van der Waals surface area contributed by atoms with Crippen molar-refractivity contribution in [1.29, 1.82) is 0 Å². The van der Waals surface area contributed by atoms with Crippen LogP contribution in [0.3, 0.4) is 0 Å². The highest BCUT2D eigenvalue weighted by molar-refractivity contribution is 5.38. The van der Waals surface area contributed by atoms with E-state index >= 15 is 0 Å². The van der Waals surface area contributed by atoms with Gasteiger partial charge >= 0.3 is 0 Å². The molecule has 0 saturated carbocycles. The second-order valence-electron chi connectivity index (χ2n) is 4.63. The largest absolute Gasteiger partial charge is 0.395 e. The second kappa shape index (κ2) is 7.70. The zero-order chi connectivity index (χ0) is 14.2. The molecule has 1 unspecified atom stereocenters. The van der Waals surface area contributed by atoms with Gasteiger partial charge in [0.25, 0.3) is 0 Å². The average molecular weight is 270 g/mol. The molecule has 0 aliphatic carbocycles. The fourth-order valence-electron chi connectivity index (χ4n) is 2.09. The minimum atomic E-state index is -0.132. The number of nitrogens with one attached hydrogen (secondary N) is 1. The Bertz CT molecular complexity index is 496. The summed E-state index contributed by atoms with van der Waals surface area (Å²) in [6.45, 7) is 0.557. The van der Waals surface area contributed by atoms with Crippen molar-refractivity contribution in [2.75, 3.05) is 19.8 Å². The first kappa shape index (κ1) is 14.6. The molecule has 0 aromatic heterocycles. The molecule has 0 amide bonds. The molecule has 3 nitrogen and oxygen atoms in total. The van der Waals surface area contributed by atoms with Gasteiger partial charge in [-0.25, -0.2) is 0 Å². The van der Waals surface area contributed by atoms with E-state index in [1.807, 2.05) is 42.5 Å². The number of aliphatic hydroxyl groups excluding tert-OH is 2. The quantitative estimate of drug-likeness (QED) is 0.674. The Balaban J connectivity index is 2.02. The van der Waals surface area contributed by atoms with Crippen LogP contribution in [0.2, 0.25) is 0 Å². The van der Waals surface area contributed by atoms with Crippen LogP contribution >= 0.6 is 0 Å². The predicted molar refractivity (Wildman–Crippen MR) is 80.3 cm³/mol. The van der Waals surface area contributed by atoms with Crippen molar-refractivity contribution < 1.29 is 10.2 Å². The van der Waals surface area contributed by atoms with E-state index in [4.69, 9.17) is 5.11 Å². The van der Waals surface area contributed by atoms with E-state index in [9.17, 15) is 5.11 Å². The normalized spacial score (nSPS) is 12.1. The molecule has 20 heavy (non-hydrogen) atoms. The Morgan fingerprint density at radius 2 is 1.55 bits per heavy atom. The topological polar surface area (TPSA) is 52.5 Å². The molecule has 3 heteroatoms. The highest BCUT2D eigenvalue weighted by Gasteiger charge is 2.11. The van der Waals surface area contributed by atoms with Gasteiger partial charge in [-0.05, 0) is 35.9 Å². The first-order chi connectivity index (χ1) is 9.83. The van der Waals surface area contributed by atoms with Gasteiger partial charge in [-0.3, -0.25) is 0 Å². The second-order valence-corrected chi connectivity index (χ2v) is 4.63. The fraction of sp³-hybridized carbons (Fsp3) is 0.235. The van der Waals surface area contributed by atoms with Crippen molar-refractivity contribution in [2.24, 2.45) is 0 Å². The van der Waals surface area contributed by atoms with Crippen LogP contribution in [0.1, 0.15) is 22.7 Å². The molecule has 0 fully saturated rings. The van der Waals surface area contributed by atoms with Crippen LogP contribution in [0.25, 0.3) is 0 Å². The van der Waals surface area contributed by atoms with Gasteiger partial charge in [0.2, 0.25) is 0 Å². The molecule has 0 aliphatic rings. The summed E-state index contributed by atoms with van der Waals surface area (Å²) in [5, 5.41) is 21.3. The molecule has 2 aromatic carbocycles. The Kier molecular flexibility index (Phi) is 5.62. The SMILES string of the molecule is OCCNC(CO)c1ccc([CH+]c2ccccc2)cc1. The van der Waals surface area contributed by atoms with Gasteiger partial charge in [0.15, 0.2) is 0 Å². The van der Waals surface area contributed by atoms with Gasteiger partial charge in [-0.1, -0.05) is 0 Å². The monoisotopic (exact) mass is 270 g/mol. The van der Waals surface area contributed by atoms with Crippen molar-refractivity contribution in [2.45, 2.75) is 6.04 Å². The minimum Gasteiger partial charge on any atom is -0.395 e. The molecular formula is C17H20NO2+. The van der Waals surface area contributed by atoms with Crippen LogP contribution in [0.5, 0.6) is 0 Å². The fourth-order valence-corrected chi connectivity index (χ4v) is 2.09. The lowest BCUT2D eigenvalue weighted by Gasteiger charge is -2.15. The number of hydrogen-bond donors (Lipinski definition) is 3. The van der Waals surface area contributed by atoms with Gasteiger partial charge in [0.05, 0.1) is 30.4 Å². The van der Waals surface area contributed by atoms with Crippen molar-refractivity contribution in [3.63, 3.8) is 0 Å². The maximum atomic E-state index is 9.36. The van der Waals surface area contributed by atoms with Gasteiger partial charge in [0.1, 0.15) is 0 Å². The van der Waals surface area contributed by atoms with E-state index in [1.165, 1.54) is 0 Å². The average Bonchev–Trinajstić information content (AvgIpc) is 2.50. The Morgan fingerprint density at radius 3 is 2.15 bits per heavy atom. The van der Waals surface area contributed by atoms with Gasteiger partial charge in [0, 0.05) is 37.2 Å². The Morgan fingerprint density at radius 1 is 0.900 bits per heavy atom. The molecule has 3 N–H and O–H groups in total. The molecule has 0 spiro atoms. The lowest BCUT2D eigenvalue weighted by molar-refractivity contribution is 0.227. The maximum absolute atomic E-state index is 9.36. The summed E-state index contributed by atoms with van der Waals surface area (Å²) < 4.78 is 0. The summed E-state index contributed by atoms with van der Waals surface area (Å²) in [7, 11) is 0. The first-order valence-electron chi connectivity index (χ1n) is 6.78. The van der Waals surface area contributed by atoms with E-state index in [1.54, 1.807) is 0 Å². The van der Waals surface area contributed by atoms with Crippen LogP contribution in [-0.2, 0) is 0 Å². The van der Waals surface area contributed by atoms with Crippen molar-refractivity contribution in [3.05, 3.63) is 77.7 Å². The number of hydrogen-bond acceptors (Lipinski definition) is 3. The Labute approximate surface area is 119 Å². The molecule has 104 valence electrons. The maximum Gasteiger partial charge on any atom is 0.0725 e. The third kappa shape index (κ3) is 4.10. The summed E-state index contributed by atoms with van der Waals surface area (Å²) in [4.78, 5) is 0. The molecule has 0 saturated heterocycles. The summed E-state index contributed by atoms with van der Waals surface area (Å²) in [6.07, 6.45) is 2.11. The summed E-state index contributed by atoms with van der Waals surface area (Å²) >= 11 is 0. The lowest BCUT2D eigenvalue weighted by atomic mass is 10.0. The van der Waals surface area contributed by atoms with Crippen LogP contribution in [0.15, 0.2) is 54.6 Å². The van der Waals surface area contributed by atoms with E-state index in [0.29, 0.717) is 6.54 Å². The van der Waals surface area contributed by atoms with Crippen LogP contribution in [0, 0.1) is 6.42 Å². The summed E-state index contributed by atoms with van der Waals surface area (Å²) in [5.74, 6) is 0. The molecule has 0 radical (unpaired) electrons. The van der Waals surface area contributed by atoms with E-state index < -0.39 is 0 Å².